The summed E-state index contributed by atoms with van der Waals surface area (Å²) in [5, 5.41) is 3.37. The number of aromatic nitrogens is 2. The van der Waals surface area contributed by atoms with Crippen LogP contribution in [-0.4, -0.2) is 33.9 Å². The highest BCUT2D eigenvalue weighted by Crippen LogP contribution is 2.42. The third-order valence-electron chi connectivity index (χ3n) is 7.24. The number of oxazole rings is 1. The first-order chi connectivity index (χ1) is 20.2. The van der Waals surface area contributed by atoms with Crippen LogP contribution in [0.25, 0.3) is 32.3 Å². The Morgan fingerprint density at radius 1 is 1.02 bits per heavy atom. The highest BCUT2D eigenvalue weighted by molar-refractivity contribution is 7.17. The van der Waals surface area contributed by atoms with E-state index in [4.69, 9.17) is 13.9 Å². The van der Waals surface area contributed by atoms with Crippen molar-refractivity contribution >= 4 is 38.4 Å². The predicted octanol–water partition coefficient (Wildman–Crippen LogP) is 7.04. The van der Waals surface area contributed by atoms with Crippen LogP contribution in [0.4, 0.5) is 0 Å². The summed E-state index contributed by atoms with van der Waals surface area (Å²) in [5.74, 6) is 1.94. The lowest BCUT2D eigenvalue weighted by Crippen LogP contribution is -2.32. The molecule has 41 heavy (non-hydrogen) atoms. The van der Waals surface area contributed by atoms with E-state index in [-0.39, 0.29) is 5.91 Å². The van der Waals surface area contributed by atoms with E-state index in [2.05, 4.69) is 45.7 Å². The van der Waals surface area contributed by atoms with Gasteiger partial charge in [0.15, 0.2) is 23.0 Å². The molecule has 0 N–H and O–H groups in total. The number of amides is 1. The topological polar surface area (TPSA) is 77.7 Å². The van der Waals surface area contributed by atoms with Crippen molar-refractivity contribution in [2.75, 3.05) is 13.2 Å². The zero-order chi connectivity index (χ0) is 27.6. The lowest BCUT2D eigenvalue weighted by Gasteiger charge is -2.20. The summed E-state index contributed by atoms with van der Waals surface area (Å²) < 4.78 is 19.6. The van der Waals surface area contributed by atoms with E-state index >= 15 is 0 Å². The zero-order valence-electron chi connectivity index (χ0n) is 22.3. The number of nitrogens with zero attached hydrogens (tertiary/aromatic N) is 3. The normalized spacial score (nSPS) is 13.1. The minimum atomic E-state index is 0.0334. The van der Waals surface area contributed by atoms with Gasteiger partial charge in [-0.2, -0.15) is 0 Å². The molecule has 1 aliphatic rings. The van der Waals surface area contributed by atoms with Crippen molar-refractivity contribution in [2.24, 2.45) is 0 Å². The molecular formula is C33H27N3O4S. The highest BCUT2D eigenvalue weighted by Gasteiger charge is 2.25. The van der Waals surface area contributed by atoms with Crippen LogP contribution in [0.15, 0.2) is 94.9 Å². The number of thiophene rings is 1. The monoisotopic (exact) mass is 561 g/mol. The van der Waals surface area contributed by atoms with Crippen LogP contribution in [0.2, 0.25) is 0 Å². The predicted molar refractivity (Wildman–Crippen MR) is 159 cm³/mol. The lowest BCUT2D eigenvalue weighted by atomic mass is 10.0. The Morgan fingerprint density at radius 3 is 2.80 bits per heavy atom. The van der Waals surface area contributed by atoms with Gasteiger partial charge in [0.25, 0.3) is 0 Å². The van der Waals surface area contributed by atoms with Crippen LogP contribution >= 0.6 is 11.3 Å². The van der Waals surface area contributed by atoms with Gasteiger partial charge in [-0.3, -0.25) is 9.78 Å². The summed E-state index contributed by atoms with van der Waals surface area (Å²) in [5.41, 5.74) is 5.45. The number of hydrogen-bond donors (Lipinski definition) is 0. The molecule has 3 aromatic heterocycles. The fraction of sp³-hybridized carbons (Fsp3) is 0.182. The van der Waals surface area contributed by atoms with Gasteiger partial charge in [0.05, 0.1) is 12.2 Å². The van der Waals surface area contributed by atoms with Gasteiger partial charge < -0.3 is 18.8 Å². The van der Waals surface area contributed by atoms with E-state index in [1.54, 1.807) is 17.5 Å². The van der Waals surface area contributed by atoms with Crippen molar-refractivity contribution in [3.8, 4) is 22.6 Å². The van der Waals surface area contributed by atoms with Crippen molar-refractivity contribution in [2.45, 2.75) is 26.0 Å². The maximum absolute atomic E-state index is 13.4. The molecule has 0 radical (unpaired) electrons. The summed E-state index contributed by atoms with van der Waals surface area (Å²) in [6.07, 6.45) is 2.51. The van der Waals surface area contributed by atoms with E-state index in [0.717, 1.165) is 33.5 Å². The minimum absolute atomic E-state index is 0.0334. The molecule has 0 fully saturated rings. The molecule has 0 atom stereocenters. The lowest BCUT2D eigenvalue weighted by molar-refractivity contribution is -0.132. The largest absolute Gasteiger partial charge is 0.487 e. The van der Waals surface area contributed by atoms with Gasteiger partial charge in [0, 0.05) is 46.8 Å². The number of fused-ring (bicyclic) bond motifs is 3. The molecule has 7 nitrogen and oxygen atoms in total. The number of hydrogen-bond acceptors (Lipinski definition) is 7. The van der Waals surface area contributed by atoms with Crippen molar-refractivity contribution < 1.29 is 18.7 Å². The summed E-state index contributed by atoms with van der Waals surface area (Å²) in [6.45, 7) is 1.61. The fourth-order valence-corrected chi connectivity index (χ4v) is 6.16. The number of rotatable bonds is 7. The number of para-hydroxylation sites is 2. The Morgan fingerprint density at radius 2 is 1.90 bits per heavy atom. The summed E-state index contributed by atoms with van der Waals surface area (Å²) >= 11 is 1.72. The second kappa shape index (κ2) is 11.1. The molecule has 0 unspecified atom stereocenters. The number of ether oxygens (including phenoxy) is 2. The second-order valence-corrected chi connectivity index (χ2v) is 10.9. The number of carbonyl (C=O) groups excluding carboxylic acids is 1. The first-order valence-electron chi connectivity index (χ1n) is 13.6. The average molecular weight is 562 g/mol. The number of benzene rings is 3. The standard InChI is InChI=1S/C33H27N3O4S/c37-32(13-12-31-35-27-9-2-3-10-28(27)40-31)36-15-16-38-33-23(19-36)17-22(26-21-41-30-11-4-1-8-25(26)30)18-29(33)39-20-24-7-5-6-14-34-24/h1-11,14,17-18,21H,12-13,15-16,19-20H2. The van der Waals surface area contributed by atoms with Crippen LogP contribution in [0.5, 0.6) is 11.5 Å². The summed E-state index contributed by atoms with van der Waals surface area (Å²) in [4.78, 5) is 24.2. The Kier molecular flexibility index (Phi) is 6.82. The summed E-state index contributed by atoms with van der Waals surface area (Å²) in [6, 6.07) is 26.0. The Labute approximate surface area is 241 Å². The molecular weight excluding hydrogens is 534 g/mol. The molecule has 4 heterocycles. The van der Waals surface area contributed by atoms with E-state index in [0.29, 0.717) is 56.5 Å². The molecule has 1 aliphatic heterocycles. The molecule has 0 saturated heterocycles. The van der Waals surface area contributed by atoms with Crippen molar-refractivity contribution in [3.05, 3.63) is 108 Å². The molecule has 0 spiro atoms. The van der Waals surface area contributed by atoms with Gasteiger partial charge in [-0.05, 0) is 53.4 Å². The van der Waals surface area contributed by atoms with E-state index in [1.807, 2.05) is 53.4 Å². The van der Waals surface area contributed by atoms with Crippen molar-refractivity contribution in [1.29, 1.82) is 0 Å². The molecule has 0 saturated carbocycles. The van der Waals surface area contributed by atoms with Crippen LogP contribution < -0.4 is 9.47 Å². The third-order valence-corrected chi connectivity index (χ3v) is 8.20. The second-order valence-electron chi connectivity index (χ2n) is 9.96. The average Bonchev–Trinajstić information content (AvgIpc) is 3.57. The van der Waals surface area contributed by atoms with Gasteiger partial charge >= 0.3 is 0 Å². The van der Waals surface area contributed by atoms with E-state index in [1.165, 1.54) is 10.1 Å². The number of aryl methyl sites for hydroxylation is 1. The molecule has 7 rings (SSSR count). The van der Waals surface area contributed by atoms with E-state index < -0.39 is 0 Å². The Bertz CT molecular complexity index is 1810. The van der Waals surface area contributed by atoms with Crippen LogP contribution in [0.1, 0.15) is 23.6 Å². The van der Waals surface area contributed by atoms with Gasteiger partial charge in [-0.15, -0.1) is 11.3 Å². The maximum atomic E-state index is 13.4. The fourth-order valence-electron chi connectivity index (χ4n) is 5.19. The van der Waals surface area contributed by atoms with Gasteiger partial charge in [0.1, 0.15) is 18.7 Å². The van der Waals surface area contributed by atoms with Crippen LogP contribution in [-0.2, 0) is 24.4 Å². The third kappa shape index (κ3) is 5.26. The first kappa shape index (κ1) is 25.3. The van der Waals surface area contributed by atoms with Gasteiger partial charge in [0.2, 0.25) is 5.91 Å². The van der Waals surface area contributed by atoms with Crippen LogP contribution in [0.3, 0.4) is 0 Å². The number of carbonyl (C=O) groups is 1. The SMILES string of the molecule is O=C(CCc1nc2ccccc2o1)N1CCOc2c(cc(-c3csc4ccccc34)cc2OCc2ccccn2)C1. The molecule has 1 amide bonds. The van der Waals surface area contributed by atoms with Crippen molar-refractivity contribution in [3.63, 3.8) is 0 Å². The molecule has 204 valence electrons. The molecule has 0 bridgehead atoms. The number of pyridine rings is 1. The Balaban J connectivity index is 1.18. The van der Waals surface area contributed by atoms with Gasteiger partial charge in [-0.1, -0.05) is 36.4 Å². The molecule has 0 aliphatic carbocycles. The van der Waals surface area contributed by atoms with Crippen LogP contribution in [0, 0.1) is 0 Å². The van der Waals surface area contributed by atoms with Gasteiger partial charge in [-0.25, -0.2) is 4.98 Å². The summed E-state index contributed by atoms with van der Waals surface area (Å²) in [7, 11) is 0. The highest BCUT2D eigenvalue weighted by atomic mass is 32.1. The maximum Gasteiger partial charge on any atom is 0.223 e. The molecule has 8 heteroatoms. The smallest absolute Gasteiger partial charge is 0.223 e. The molecule has 6 aromatic rings. The van der Waals surface area contributed by atoms with Crippen molar-refractivity contribution in [1.82, 2.24) is 14.9 Å². The minimum Gasteiger partial charge on any atom is -0.487 e. The Hall–Kier alpha value is -4.69. The quantitative estimate of drug-likeness (QED) is 0.208. The first-order valence-corrected chi connectivity index (χ1v) is 14.5. The molecule has 3 aromatic carbocycles. The zero-order valence-corrected chi connectivity index (χ0v) is 23.1. The van der Waals surface area contributed by atoms with E-state index in [9.17, 15) is 4.79 Å².